The Morgan fingerprint density at radius 1 is 0.472 bits per heavy atom. The molecule has 6 heteroatoms. The van der Waals surface area contributed by atoms with Crippen LogP contribution >= 0.6 is 6.83 Å². The topological polar surface area (TPSA) is 63.6 Å². The molecule has 0 atom stereocenters. The molecule has 5 rings (SSSR count). The number of aromatic hydroxyl groups is 1. The molecule has 0 amide bonds. The zero-order valence-corrected chi connectivity index (χ0v) is 21.1. The molecule has 180 valence electrons. The van der Waals surface area contributed by atoms with Crippen LogP contribution in [0, 0.1) is 0 Å². The number of phenols is 1. The van der Waals surface area contributed by atoms with Crippen molar-refractivity contribution in [3.8, 4) is 5.75 Å². The maximum atomic E-state index is 14.2. The Balaban J connectivity index is 2.01. The standard InChI is InChI=1S/C30H25O4PS/c31-25-21-23-30(24-22-25)36(32,33)34-35(26-13-5-1-6-14-26,27-15-7-2-8-16-27,28-17-9-3-10-18-28)29-19-11-4-12-20-29/h1-24,31H. The molecule has 5 aromatic carbocycles. The van der Waals surface area contributed by atoms with Crippen LogP contribution < -0.4 is 21.2 Å². The quantitative estimate of drug-likeness (QED) is 0.316. The average molecular weight is 513 g/mol. The summed E-state index contributed by atoms with van der Waals surface area (Å²) in [6.45, 7) is -4.37. The van der Waals surface area contributed by atoms with E-state index < -0.39 is 16.9 Å². The molecule has 0 saturated carbocycles. The van der Waals surface area contributed by atoms with E-state index in [0.29, 0.717) is 0 Å². The average Bonchev–Trinajstić information content (AvgIpc) is 2.94. The van der Waals surface area contributed by atoms with Crippen LogP contribution in [0.2, 0.25) is 0 Å². The first-order valence-corrected chi connectivity index (χ1v) is 15.0. The van der Waals surface area contributed by atoms with E-state index in [0.717, 1.165) is 21.2 Å². The minimum atomic E-state index is -4.37. The molecule has 4 nitrogen and oxygen atoms in total. The second-order valence-corrected chi connectivity index (χ2v) is 14.5. The van der Waals surface area contributed by atoms with Crippen LogP contribution in [0.15, 0.2) is 150 Å². The fourth-order valence-electron chi connectivity index (χ4n) is 4.77. The molecule has 0 saturated heterocycles. The molecule has 5 aromatic rings. The van der Waals surface area contributed by atoms with E-state index in [1.165, 1.54) is 24.3 Å². The Morgan fingerprint density at radius 3 is 1.08 bits per heavy atom. The Bertz CT molecular complexity index is 1390. The first-order chi connectivity index (χ1) is 17.5. The van der Waals surface area contributed by atoms with Gasteiger partial charge in [-0.3, -0.25) is 0 Å². The molecule has 0 spiro atoms. The van der Waals surface area contributed by atoms with Crippen molar-refractivity contribution in [2.75, 3.05) is 0 Å². The van der Waals surface area contributed by atoms with Gasteiger partial charge in [-0.15, -0.1) is 0 Å². The van der Waals surface area contributed by atoms with Gasteiger partial charge < -0.3 is 0 Å². The van der Waals surface area contributed by atoms with E-state index in [-0.39, 0.29) is 10.6 Å². The van der Waals surface area contributed by atoms with Gasteiger partial charge in [0, 0.05) is 0 Å². The van der Waals surface area contributed by atoms with Crippen LogP contribution in [0.1, 0.15) is 0 Å². The Hall–Kier alpha value is -3.76. The van der Waals surface area contributed by atoms with E-state index in [9.17, 15) is 13.5 Å². The molecule has 0 aliphatic heterocycles. The summed E-state index contributed by atoms with van der Waals surface area (Å²) in [5.74, 6) is -0.0244. The first kappa shape index (κ1) is 24.0. The summed E-state index contributed by atoms with van der Waals surface area (Å²) in [6, 6.07) is 43.8. The molecule has 0 bridgehead atoms. The van der Waals surface area contributed by atoms with Crippen LogP contribution in [0.5, 0.6) is 5.75 Å². The van der Waals surface area contributed by atoms with Gasteiger partial charge in [0.15, 0.2) is 0 Å². The Labute approximate surface area is 211 Å². The summed E-state index contributed by atoms with van der Waals surface area (Å²) < 4.78 is 35.2. The van der Waals surface area contributed by atoms with Gasteiger partial charge in [-0.05, 0) is 0 Å². The van der Waals surface area contributed by atoms with Gasteiger partial charge in [-0.25, -0.2) is 0 Å². The summed E-state index contributed by atoms with van der Waals surface area (Å²) >= 11 is 0. The predicted molar refractivity (Wildman–Crippen MR) is 148 cm³/mol. The molecule has 0 aliphatic carbocycles. The van der Waals surface area contributed by atoms with E-state index in [1.807, 2.05) is 121 Å². The second kappa shape index (κ2) is 9.36. The summed E-state index contributed by atoms with van der Waals surface area (Å²) in [4.78, 5) is -0.0342. The van der Waals surface area contributed by atoms with E-state index in [1.54, 1.807) is 0 Å². The molecule has 0 heterocycles. The summed E-state index contributed by atoms with van der Waals surface area (Å²) in [6.07, 6.45) is 0. The molecule has 0 aromatic heterocycles. The Morgan fingerprint density at radius 2 is 0.778 bits per heavy atom. The molecule has 1 N–H and O–H groups in total. The van der Waals surface area contributed by atoms with Gasteiger partial charge >= 0.3 is 212 Å². The van der Waals surface area contributed by atoms with Crippen molar-refractivity contribution in [2.24, 2.45) is 0 Å². The molecule has 0 fully saturated rings. The molecular formula is C30H25O4PS. The van der Waals surface area contributed by atoms with Crippen molar-refractivity contribution in [2.45, 2.75) is 4.90 Å². The van der Waals surface area contributed by atoms with E-state index >= 15 is 0 Å². The van der Waals surface area contributed by atoms with Crippen LogP contribution in [-0.4, -0.2) is 13.5 Å². The van der Waals surface area contributed by atoms with E-state index in [4.69, 9.17) is 3.97 Å². The normalized spacial score (nSPS) is 12.9. The van der Waals surface area contributed by atoms with Crippen LogP contribution in [-0.2, 0) is 14.1 Å². The second-order valence-electron chi connectivity index (χ2n) is 8.40. The monoisotopic (exact) mass is 512 g/mol. The molecule has 0 radical (unpaired) electrons. The van der Waals surface area contributed by atoms with Crippen molar-refractivity contribution < 1.29 is 17.5 Å². The van der Waals surface area contributed by atoms with Crippen molar-refractivity contribution in [3.63, 3.8) is 0 Å². The molecule has 36 heavy (non-hydrogen) atoms. The van der Waals surface area contributed by atoms with Crippen molar-refractivity contribution in [1.29, 1.82) is 0 Å². The third-order valence-electron chi connectivity index (χ3n) is 6.37. The SMILES string of the molecule is O=S(=O)(OP(c1ccccc1)(c1ccccc1)(c1ccccc1)c1ccccc1)c1ccc(O)cc1. The minimum absolute atomic E-state index is 0.0244. The van der Waals surface area contributed by atoms with Gasteiger partial charge in [0.05, 0.1) is 0 Å². The molecular weight excluding hydrogens is 487 g/mol. The number of benzene rings is 5. The number of hydrogen-bond donors (Lipinski definition) is 1. The summed E-state index contributed by atoms with van der Waals surface area (Å²) in [7, 11) is -4.34. The summed E-state index contributed by atoms with van der Waals surface area (Å²) in [5, 5.41) is 12.8. The van der Waals surface area contributed by atoms with Crippen LogP contribution in [0.3, 0.4) is 0 Å². The van der Waals surface area contributed by atoms with Gasteiger partial charge in [0.1, 0.15) is 0 Å². The fraction of sp³-hybridized carbons (Fsp3) is 0. The van der Waals surface area contributed by atoms with Crippen molar-refractivity contribution in [3.05, 3.63) is 146 Å². The third kappa shape index (κ3) is 3.73. The van der Waals surface area contributed by atoms with Crippen molar-refractivity contribution >= 4 is 38.2 Å². The van der Waals surface area contributed by atoms with Gasteiger partial charge in [0.25, 0.3) is 0 Å². The first-order valence-electron chi connectivity index (χ1n) is 11.5. The number of phenolic OH excluding ortho intramolecular Hbond substituents is 1. The zero-order chi connectivity index (χ0) is 25.1. The Kier molecular flexibility index (Phi) is 6.23. The van der Waals surface area contributed by atoms with Crippen LogP contribution in [0.4, 0.5) is 0 Å². The van der Waals surface area contributed by atoms with Gasteiger partial charge in [-0.1, -0.05) is 0 Å². The van der Waals surface area contributed by atoms with Crippen LogP contribution in [0.25, 0.3) is 0 Å². The third-order valence-corrected chi connectivity index (χ3v) is 14.3. The van der Waals surface area contributed by atoms with Gasteiger partial charge in [0.2, 0.25) is 0 Å². The fourth-order valence-corrected chi connectivity index (χ4v) is 13.3. The zero-order valence-electron chi connectivity index (χ0n) is 19.4. The number of hydrogen-bond acceptors (Lipinski definition) is 4. The van der Waals surface area contributed by atoms with E-state index in [2.05, 4.69) is 0 Å². The maximum absolute atomic E-state index is 14.2. The molecule has 0 aliphatic rings. The summed E-state index contributed by atoms with van der Waals surface area (Å²) in [5.41, 5.74) is 0. The van der Waals surface area contributed by atoms with Gasteiger partial charge in [-0.2, -0.15) is 0 Å². The van der Waals surface area contributed by atoms with Crippen molar-refractivity contribution in [1.82, 2.24) is 0 Å². The molecule has 0 unspecified atom stereocenters. The number of rotatable bonds is 7. The predicted octanol–water partition coefficient (Wildman–Crippen LogP) is 4.87.